The summed E-state index contributed by atoms with van der Waals surface area (Å²) in [7, 11) is -1.17. The second kappa shape index (κ2) is 9.05. The van der Waals surface area contributed by atoms with Gasteiger partial charge in [-0.3, -0.25) is 4.79 Å². The fraction of sp³-hybridized carbons (Fsp3) is 0.524. The minimum atomic E-state index is -1.17. The molecule has 3 heterocycles. The Bertz CT molecular complexity index is 1060. The number of anilines is 2. The van der Waals surface area contributed by atoms with Gasteiger partial charge >= 0.3 is 0 Å². The molecule has 0 fully saturated rings. The number of hydrogen-bond donors (Lipinski definition) is 2. The smallest absolute Gasteiger partial charge is 0.255 e. The van der Waals surface area contributed by atoms with Gasteiger partial charge in [0.2, 0.25) is 0 Å². The molecule has 0 atom stereocenters. The van der Waals surface area contributed by atoms with Crippen LogP contribution in [-0.4, -0.2) is 45.0 Å². The van der Waals surface area contributed by atoms with Crippen molar-refractivity contribution < 1.29 is 9.53 Å². The summed E-state index contributed by atoms with van der Waals surface area (Å²) in [6.45, 7) is 15.8. The molecule has 0 saturated carbocycles. The summed E-state index contributed by atoms with van der Waals surface area (Å²) in [5.74, 6) is 0.386. The standard InChI is InChI=1S/C21H32N6O2SSi/c1-14-10-17(30-26-14)23-16-11-22-19-18(24-16)15(20(28)25-21(2,3)4)12-27(19)13-29-8-9-31(5,6)7/h10-12H,8-9,13H2,1-7H3,(H,23,24)(H,25,28). The SMILES string of the molecule is Cc1cc(Nc2cnc3c(n2)c(C(=O)NC(C)(C)C)cn3COCC[Si](C)(C)C)sn1. The van der Waals surface area contributed by atoms with E-state index < -0.39 is 8.07 Å². The van der Waals surface area contributed by atoms with E-state index in [2.05, 4.69) is 39.6 Å². The second-order valence-electron chi connectivity index (χ2n) is 9.95. The number of hydrogen-bond acceptors (Lipinski definition) is 7. The molecular weight excluding hydrogens is 428 g/mol. The number of aromatic nitrogens is 4. The van der Waals surface area contributed by atoms with Crippen LogP contribution in [0.4, 0.5) is 10.8 Å². The fourth-order valence-corrected chi connectivity index (χ4v) is 4.30. The molecule has 3 aromatic heterocycles. The predicted octanol–water partition coefficient (Wildman–Crippen LogP) is 4.78. The molecular formula is C21H32N6O2SSi. The predicted molar refractivity (Wildman–Crippen MR) is 129 cm³/mol. The molecule has 0 aliphatic carbocycles. The maximum atomic E-state index is 13.0. The molecule has 0 saturated heterocycles. The molecule has 10 heteroatoms. The van der Waals surface area contributed by atoms with E-state index in [0.29, 0.717) is 35.9 Å². The third-order valence-electron chi connectivity index (χ3n) is 4.40. The van der Waals surface area contributed by atoms with Gasteiger partial charge in [-0.25, -0.2) is 9.97 Å². The summed E-state index contributed by atoms with van der Waals surface area (Å²) < 4.78 is 12.0. The van der Waals surface area contributed by atoms with E-state index in [1.54, 1.807) is 12.4 Å². The van der Waals surface area contributed by atoms with Crippen molar-refractivity contribution in [2.24, 2.45) is 0 Å². The first kappa shape index (κ1) is 23.4. The molecule has 0 aliphatic heterocycles. The first-order valence-electron chi connectivity index (χ1n) is 10.4. The van der Waals surface area contributed by atoms with Crippen LogP contribution in [0.5, 0.6) is 0 Å². The van der Waals surface area contributed by atoms with Gasteiger partial charge in [-0.05, 0) is 51.3 Å². The van der Waals surface area contributed by atoms with Crippen molar-refractivity contribution in [1.29, 1.82) is 0 Å². The summed E-state index contributed by atoms with van der Waals surface area (Å²) in [4.78, 5) is 22.2. The number of nitrogens with zero attached hydrogens (tertiary/aromatic N) is 4. The molecule has 3 aromatic rings. The molecule has 3 rings (SSSR count). The van der Waals surface area contributed by atoms with Gasteiger partial charge in [-0.2, -0.15) is 4.37 Å². The van der Waals surface area contributed by atoms with E-state index in [4.69, 9.17) is 9.72 Å². The average Bonchev–Trinajstić information content (AvgIpc) is 3.20. The molecule has 1 amide bonds. The summed E-state index contributed by atoms with van der Waals surface area (Å²) in [6, 6.07) is 3.03. The van der Waals surface area contributed by atoms with E-state index in [1.807, 2.05) is 38.3 Å². The molecule has 0 spiro atoms. The number of nitrogens with one attached hydrogen (secondary N) is 2. The summed E-state index contributed by atoms with van der Waals surface area (Å²) in [5.41, 5.74) is 2.23. The minimum absolute atomic E-state index is 0.182. The third kappa shape index (κ3) is 6.59. The second-order valence-corrected chi connectivity index (χ2v) is 16.4. The Morgan fingerprint density at radius 3 is 2.65 bits per heavy atom. The topological polar surface area (TPSA) is 94.0 Å². The van der Waals surface area contributed by atoms with E-state index in [-0.39, 0.29) is 11.4 Å². The van der Waals surface area contributed by atoms with Gasteiger partial charge in [0.05, 0.1) is 17.5 Å². The van der Waals surface area contributed by atoms with Crippen molar-refractivity contribution in [2.45, 2.75) is 65.6 Å². The lowest BCUT2D eigenvalue weighted by atomic mass is 10.1. The van der Waals surface area contributed by atoms with Gasteiger partial charge in [-0.15, -0.1) is 0 Å². The van der Waals surface area contributed by atoms with E-state index in [9.17, 15) is 4.79 Å². The van der Waals surface area contributed by atoms with Crippen LogP contribution in [0.1, 0.15) is 36.8 Å². The lowest BCUT2D eigenvalue weighted by Crippen LogP contribution is -2.40. The lowest BCUT2D eigenvalue weighted by Gasteiger charge is -2.20. The summed E-state index contributed by atoms with van der Waals surface area (Å²) in [5, 5.41) is 7.12. The first-order valence-corrected chi connectivity index (χ1v) is 14.9. The molecule has 8 nitrogen and oxygen atoms in total. The van der Waals surface area contributed by atoms with E-state index >= 15 is 0 Å². The minimum Gasteiger partial charge on any atom is -0.361 e. The molecule has 0 aliphatic rings. The molecule has 0 radical (unpaired) electrons. The van der Waals surface area contributed by atoms with Crippen LogP contribution >= 0.6 is 11.5 Å². The number of fused-ring (bicyclic) bond motifs is 1. The molecule has 31 heavy (non-hydrogen) atoms. The van der Waals surface area contributed by atoms with Gasteiger partial charge in [0.1, 0.15) is 23.1 Å². The Morgan fingerprint density at radius 2 is 2.03 bits per heavy atom. The first-order chi connectivity index (χ1) is 14.4. The van der Waals surface area contributed by atoms with Crippen molar-refractivity contribution in [1.82, 2.24) is 24.2 Å². The van der Waals surface area contributed by atoms with E-state index in [1.165, 1.54) is 11.5 Å². The molecule has 2 N–H and O–H groups in total. The Hall–Kier alpha value is -2.30. The summed E-state index contributed by atoms with van der Waals surface area (Å²) >= 11 is 1.36. The van der Waals surface area contributed by atoms with Crippen LogP contribution in [0.2, 0.25) is 25.7 Å². The maximum absolute atomic E-state index is 13.0. The highest BCUT2D eigenvalue weighted by Crippen LogP contribution is 2.24. The van der Waals surface area contributed by atoms with Crippen molar-refractivity contribution in [2.75, 3.05) is 11.9 Å². The zero-order chi connectivity index (χ0) is 22.8. The largest absolute Gasteiger partial charge is 0.361 e. The van der Waals surface area contributed by atoms with Gasteiger partial charge in [0.25, 0.3) is 5.91 Å². The highest BCUT2D eigenvalue weighted by Gasteiger charge is 2.22. The van der Waals surface area contributed by atoms with Gasteiger partial charge < -0.3 is 19.9 Å². The quantitative estimate of drug-likeness (QED) is 0.371. The zero-order valence-electron chi connectivity index (χ0n) is 19.4. The number of carbonyl (C=O) groups is 1. The highest BCUT2D eigenvalue weighted by molar-refractivity contribution is 7.10. The number of carbonyl (C=O) groups excluding carboxylic acids is 1. The number of rotatable bonds is 8. The number of aryl methyl sites for hydroxylation is 1. The molecule has 0 unspecified atom stereocenters. The Labute approximate surface area is 188 Å². The Kier molecular flexibility index (Phi) is 6.82. The molecule has 168 valence electrons. The fourth-order valence-electron chi connectivity index (χ4n) is 2.87. The van der Waals surface area contributed by atoms with Crippen LogP contribution in [0, 0.1) is 6.92 Å². The van der Waals surface area contributed by atoms with Crippen LogP contribution in [0.3, 0.4) is 0 Å². The van der Waals surface area contributed by atoms with Crippen molar-refractivity contribution in [3.8, 4) is 0 Å². The maximum Gasteiger partial charge on any atom is 0.255 e. The highest BCUT2D eigenvalue weighted by atomic mass is 32.1. The normalized spacial score (nSPS) is 12.4. The van der Waals surface area contributed by atoms with Crippen molar-refractivity contribution in [3.05, 3.63) is 29.7 Å². The van der Waals surface area contributed by atoms with Crippen LogP contribution in [0.15, 0.2) is 18.5 Å². The van der Waals surface area contributed by atoms with Crippen LogP contribution in [-0.2, 0) is 11.5 Å². The molecule has 0 aromatic carbocycles. The van der Waals surface area contributed by atoms with Gasteiger partial charge in [0.15, 0.2) is 5.65 Å². The Balaban J connectivity index is 1.89. The third-order valence-corrected chi connectivity index (χ3v) is 6.90. The molecule has 0 bridgehead atoms. The zero-order valence-corrected chi connectivity index (χ0v) is 21.2. The van der Waals surface area contributed by atoms with E-state index in [0.717, 1.165) is 16.7 Å². The average molecular weight is 461 g/mol. The Morgan fingerprint density at radius 1 is 1.29 bits per heavy atom. The van der Waals surface area contributed by atoms with Crippen molar-refractivity contribution >= 4 is 47.5 Å². The monoisotopic (exact) mass is 460 g/mol. The van der Waals surface area contributed by atoms with Gasteiger partial charge in [-0.1, -0.05) is 19.6 Å². The van der Waals surface area contributed by atoms with Gasteiger partial charge in [0, 0.05) is 26.4 Å². The van der Waals surface area contributed by atoms with Crippen molar-refractivity contribution in [3.63, 3.8) is 0 Å². The van der Waals surface area contributed by atoms with Crippen LogP contribution < -0.4 is 10.6 Å². The number of amides is 1. The summed E-state index contributed by atoms with van der Waals surface area (Å²) in [6.07, 6.45) is 3.45. The number of ether oxygens (including phenoxy) is 1. The lowest BCUT2D eigenvalue weighted by molar-refractivity contribution is 0.0886. The van der Waals surface area contributed by atoms with Crippen LogP contribution in [0.25, 0.3) is 11.2 Å².